The molecule has 1 saturated heterocycles. The van der Waals surface area contributed by atoms with Crippen molar-refractivity contribution in [1.82, 2.24) is 24.4 Å². The van der Waals surface area contributed by atoms with Crippen LogP contribution in [0.4, 0.5) is 35.5 Å². The lowest BCUT2D eigenvalue weighted by Gasteiger charge is -2.33. The molecule has 2 aromatic heterocycles. The fourth-order valence-electron chi connectivity index (χ4n) is 5.19. The van der Waals surface area contributed by atoms with Gasteiger partial charge in [0.2, 0.25) is 17.8 Å². The number of nitrogens with two attached hydrogens (primary N) is 1. The number of hydrogen-bond donors (Lipinski definition) is 4. The van der Waals surface area contributed by atoms with Gasteiger partial charge in [0.15, 0.2) is 17.3 Å². The molecule has 2 amide bonds. The zero-order chi connectivity index (χ0) is 27.8. The standard InChI is InChI=1S/C24H26ClF3N8O3/c25-12-7-14(26)19(15(27)8-12)33-23-32-18-9-30-22(31-17-5-6-35(24(38)39)10-16(17)28)34-21(18)36(23)13-3-1-11(2-4-13)20(29)37/h7-9,11,13,16-17H,1-6,10H2,(H2,29,37)(H,32,33)(H,38,39)(H,30,31,34). The summed E-state index contributed by atoms with van der Waals surface area (Å²) in [7, 11) is 0. The van der Waals surface area contributed by atoms with Gasteiger partial charge in [0.25, 0.3) is 0 Å². The predicted molar refractivity (Wildman–Crippen MR) is 137 cm³/mol. The number of anilines is 3. The molecule has 1 saturated carbocycles. The van der Waals surface area contributed by atoms with Crippen LogP contribution in [0.15, 0.2) is 18.3 Å². The normalized spacial score (nSPS) is 23.5. The van der Waals surface area contributed by atoms with E-state index in [2.05, 4.69) is 25.6 Å². The van der Waals surface area contributed by atoms with Crippen molar-refractivity contribution in [3.05, 3.63) is 35.0 Å². The Morgan fingerprint density at radius 3 is 2.41 bits per heavy atom. The minimum Gasteiger partial charge on any atom is -0.465 e. The zero-order valence-electron chi connectivity index (χ0n) is 20.6. The summed E-state index contributed by atoms with van der Waals surface area (Å²) in [5.41, 5.74) is 5.70. The van der Waals surface area contributed by atoms with Crippen LogP contribution in [0.2, 0.25) is 5.02 Å². The zero-order valence-corrected chi connectivity index (χ0v) is 21.3. The summed E-state index contributed by atoms with van der Waals surface area (Å²) in [5.74, 6) is -2.27. The Hall–Kier alpha value is -3.81. The lowest BCUT2D eigenvalue weighted by atomic mass is 9.85. The lowest BCUT2D eigenvalue weighted by Crippen LogP contribution is -2.49. The number of benzene rings is 1. The number of piperidine rings is 1. The van der Waals surface area contributed by atoms with E-state index in [1.165, 1.54) is 6.20 Å². The number of carbonyl (C=O) groups excluding carboxylic acids is 1. The summed E-state index contributed by atoms with van der Waals surface area (Å²) in [6.07, 6.45) is 1.07. The van der Waals surface area contributed by atoms with Crippen molar-refractivity contribution < 1.29 is 27.9 Å². The maximum Gasteiger partial charge on any atom is 0.407 e. The van der Waals surface area contributed by atoms with Crippen molar-refractivity contribution in [2.24, 2.45) is 11.7 Å². The highest BCUT2D eigenvalue weighted by Gasteiger charge is 2.33. The largest absolute Gasteiger partial charge is 0.465 e. The Labute approximate surface area is 225 Å². The van der Waals surface area contributed by atoms with Crippen LogP contribution >= 0.6 is 11.6 Å². The number of primary amides is 1. The molecule has 2 unspecified atom stereocenters. The number of halogens is 4. The van der Waals surface area contributed by atoms with E-state index < -0.39 is 35.6 Å². The van der Waals surface area contributed by atoms with Gasteiger partial charge in [0.05, 0.1) is 18.8 Å². The fourth-order valence-corrected chi connectivity index (χ4v) is 5.39. The molecule has 3 heterocycles. The van der Waals surface area contributed by atoms with Gasteiger partial charge in [0.1, 0.15) is 17.4 Å². The van der Waals surface area contributed by atoms with Crippen LogP contribution in [-0.4, -0.2) is 66.8 Å². The van der Waals surface area contributed by atoms with Crippen molar-refractivity contribution in [3.63, 3.8) is 0 Å². The van der Waals surface area contributed by atoms with Crippen molar-refractivity contribution >= 4 is 52.3 Å². The van der Waals surface area contributed by atoms with Crippen LogP contribution in [0.25, 0.3) is 11.2 Å². The van der Waals surface area contributed by atoms with E-state index in [1.54, 1.807) is 4.57 Å². The number of nitrogens with one attached hydrogen (secondary N) is 2. The highest BCUT2D eigenvalue weighted by Crippen LogP contribution is 2.38. The van der Waals surface area contributed by atoms with Crippen LogP contribution in [0, 0.1) is 17.6 Å². The minimum absolute atomic E-state index is 0.0984. The molecule has 2 aliphatic rings. The number of carboxylic acid groups (broad SMARTS) is 1. The molecule has 1 aliphatic heterocycles. The van der Waals surface area contributed by atoms with Crippen LogP contribution in [0.5, 0.6) is 0 Å². The SMILES string of the molecule is NC(=O)C1CCC(n2c(Nc3c(F)cc(Cl)cc3F)nc3cnc(NC4CCN(C(=O)O)CC4F)nc32)CC1. The summed E-state index contributed by atoms with van der Waals surface area (Å²) >= 11 is 5.76. The van der Waals surface area contributed by atoms with Crippen LogP contribution in [0.1, 0.15) is 38.1 Å². The lowest BCUT2D eigenvalue weighted by molar-refractivity contribution is -0.122. The third-order valence-electron chi connectivity index (χ3n) is 7.27. The molecule has 5 rings (SSSR count). The fraction of sp³-hybridized carbons (Fsp3) is 0.458. The molecule has 0 spiro atoms. The number of fused-ring (bicyclic) bond motifs is 1. The number of carbonyl (C=O) groups is 2. The molecule has 208 valence electrons. The molecule has 0 radical (unpaired) electrons. The molecule has 1 aliphatic carbocycles. The molecule has 2 atom stereocenters. The summed E-state index contributed by atoms with van der Waals surface area (Å²) in [6.45, 7) is -0.119. The van der Waals surface area contributed by atoms with Crippen LogP contribution in [-0.2, 0) is 4.79 Å². The Bertz CT molecular complexity index is 1390. The first-order valence-corrected chi connectivity index (χ1v) is 12.8. The van der Waals surface area contributed by atoms with Gasteiger partial charge in [-0.15, -0.1) is 0 Å². The van der Waals surface area contributed by atoms with Crippen molar-refractivity contribution in [3.8, 4) is 0 Å². The smallest absolute Gasteiger partial charge is 0.407 e. The monoisotopic (exact) mass is 566 g/mol. The molecular weight excluding hydrogens is 541 g/mol. The first-order valence-electron chi connectivity index (χ1n) is 12.4. The Morgan fingerprint density at radius 2 is 1.79 bits per heavy atom. The molecule has 39 heavy (non-hydrogen) atoms. The highest BCUT2D eigenvalue weighted by atomic mass is 35.5. The third kappa shape index (κ3) is 5.51. The average molecular weight is 567 g/mol. The molecule has 0 bridgehead atoms. The first kappa shape index (κ1) is 26.8. The summed E-state index contributed by atoms with van der Waals surface area (Å²) in [4.78, 5) is 37.1. The van der Waals surface area contributed by atoms with Crippen molar-refractivity contribution in [2.45, 2.75) is 50.4 Å². The molecule has 3 aromatic rings. The quantitative estimate of drug-likeness (QED) is 0.346. The van der Waals surface area contributed by atoms with E-state index in [0.717, 1.165) is 17.0 Å². The Kier molecular flexibility index (Phi) is 7.38. The second-order valence-corrected chi connectivity index (χ2v) is 10.2. The van der Waals surface area contributed by atoms with E-state index >= 15 is 0 Å². The minimum atomic E-state index is -1.48. The summed E-state index contributed by atoms with van der Waals surface area (Å²) in [6, 6.07) is 1.00. The molecule has 15 heteroatoms. The van der Waals surface area contributed by atoms with Gasteiger partial charge >= 0.3 is 6.09 Å². The molecule has 2 fully saturated rings. The van der Waals surface area contributed by atoms with Crippen molar-refractivity contribution in [1.29, 1.82) is 0 Å². The maximum absolute atomic E-state index is 14.7. The third-order valence-corrected chi connectivity index (χ3v) is 7.49. The number of imidazole rings is 1. The molecule has 5 N–H and O–H groups in total. The second-order valence-electron chi connectivity index (χ2n) is 9.77. The number of alkyl halides is 1. The number of hydrogen-bond acceptors (Lipinski definition) is 7. The van der Waals surface area contributed by atoms with E-state index in [1.807, 2.05) is 0 Å². The van der Waals surface area contributed by atoms with Gasteiger partial charge in [-0.05, 0) is 44.2 Å². The molecule has 11 nitrogen and oxygen atoms in total. The molecular formula is C24H26ClF3N8O3. The van der Waals surface area contributed by atoms with Gasteiger partial charge in [-0.2, -0.15) is 4.98 Å². The topological polar surface area (TPSA) is 151 Å². The van der Waals surface area contributed by atoms with Crippen LogP contribution in [0.3, 0.4) is 0 Å². The van der Waals surface area contributed by atoms with Gasteiger partial charge in [-0.3, -0.25) is 9.36 Å². The molecule has 1 aromatic carbocycles. The number of nitrogens with zero attached hydrogens (tertiary/aromatic N) is 5. The highest BCUT2D eigenvalue weighted by molar-refractivity contribution is 6.30. The van der Waals surface area contributed by atoms with Gasteiger partial charge in [-0.25, -0.2) is 27.9 Å². The van der Waals surface area contributed by atoms with E-state index in [9.17, 15) is 22.8 Å². The van der Waals surface area contributed by atoms with Gasteiger partial charge in [0, 0.05) is 23.5 Å². The average Bonchev–Trinajstić information content (AvgIpc) is 3.24. The Morgan fingerprint density at radius 1 is 1.10 bits per heavy atom. The van der Waals surface area contributed by atoms with E-state index in [4.69, 9.17) is 22.4 Å². The number of amides is 2. The van der Waals surface area contributed by atoms with Gasteiger partial charge in [-0.1, -0.05) is 11.6 Å². The summed E-state index contributed by atoms with van der Waals surface area (Å²) < 4.78 is 45.6. The van der Waals surface area contributed by atoms with Gasteiger partial charge < -0.3 is 26.4 Å². The maximum atomic E-state index is 14.7. The van der Waals surface area contributed by atoms with Crippen LogP contribution < -0.4 is 16.4 Å². The predicted octanol–water partition coefficient (Wildman–Crippen LogP) is 4.22. The first-order chi connectivity index (χ1) is 18.6. The Balaban J connectivity index is 1.48. The second kappa shape index (κ2) is 10.8. The van der Waals surface area contributed by atoms with E-state index in [-0.39, 0.29) is 54.3 Å². The number of aromatic nitrogens is 4. The number of likely N-dealkylation sites (tertiary alicyclic amines) is 1. The van der Waals surface area contributed by atoms with E-state index in [0.29, 0.717) is 36.8 Å². The number of rotatable bonds is 6. The summed E-state index contributed by atoms with van der Waals surface area (Å²) in [5, 5.41) is 14.7. The van der Waals surface area contributed by atoms with Crippen molar-refractivity contribution in [2.75, 3.05) is 23.7 Å².